The lowest BCUT2D eigenvalue weighted by Crippen LogP contribution is -2.49. The number of allylic oxidation sites excluding steroid dienone is 6. The molecule has 1 fully saturated rings. The maximum Gasteiger partial charge on any atom is 0.412 e. The number of aromatic nitrogens is 1. The van der Waals surface area contributed by atoms with Gasteiger partial charge in [0.15, 0.2) is 0 Å². The van der Waals surface area contributed by atoms with Crippen molar-refractivity contribution in [2.75, 3.05) is 32.2 Å². The number of rotatable bonds is 8. The summed E-state index contributed by atoms with van der Waals surface area (Å²) in [6.07, 6.45) is 11.1. The molecule has 5 N–H and O–H groups in total. The topological polar surface area (TPSA) is 134 Å². The summed E-state index contributed by atoms with van der Waals surface area (Å²) in [4.78, 5) is 28.9. The molecule has 0 aromatic carbocycles. The van der Waals surface area contributed by atoms with Crippen molar-refractivity contribution in [3.05, 3.63) is 65.0 Å². The van der Waals surface area contributed by atoms with Gasteiger partial charge in [-0.1, -0.05) is 32.9 Å². The second kappa shape index (κ2) is 11.9. The summed E-state index contributed by atoms with van der Waals surface area (Å²) in [7, 11) is 1.32. The van der Waals surface area contributed by atoms with Crippen LogP contribution in [0.25, 0.3) is 5.57 Å². The van der Waals surface area contributed by atoms with E-state index in [-0.39, 0.29) is 42.5 Å². The van der Waals surface area contributed by atoms with E-state index in [0.717, 1.165) is 41.0 Å². The van der Waals surface area contributed by atoms with Crippen LogP contribution in [0.2, 0.25) is 0 Å². The van der Waals surface area contributed by atoms with E-state index in [2.05, 4.69) is 59.2 Å². The quantitative estimate of drug-likeness (QED) is 0.339. The van der Waals surface area contributed by atoms with Crippen LogP contribution in [0.3, 0.4) is 0 Å². The molecule has 0 saturated heterocycles. The third-order valence-corrected chi connectivity index (χ3v) is 7.34. The zero-order valence-corrected chi connectivity index (χ0v) is 23.3. The number of anilines is 1. The monoisotopic (exact) mass is 537 g/mol. The van der Waals surface area contributed by atoms with E-state index in [0.29, 0.717) is 18.1 Å². The highest BCUT2D eigenvalue weighted by molar-refractivity contribution is 5.90. The number of alkyl carbamates (subject to hydrolysis) is 1. The molecular weight excluding hydrogens is 498 g/mol. The van der Waals surface area contributed by atoms with Crippen LogP contribution in [-0.2, 0) is 9.47 Å². The van der Waals surface area contributed by atoms with E-state index in [1.165, 1.54) is 7.11 Å². The van der Waals surface area contributed by atoms with Gasteiger partial charge in [0, 0.05) is 35.7 Å². The zero-order valence-electron chi connectivity index (χ0n) is 23.3. The van der Waals surface area contributed by atoms with Gasteiger partial charge in [0.2, 0.25) is 0 Å². The number of aryl methyl sites for hydroxylation is 1. The number of carbonyl (C=O) groups is 2. The van der Waals surface area contributed by atoms with E-state index in [4.69, 9.17) is 9.47 Å². The summed E-state index contributed by atoms with van der Waals surface area (Å²) in [6, 6.07) is 1.86. The van der Waals surface area contributed by atoms with Crippen molar-refractivity contribution in [3.8, 4) is 0 Å². The summed E-state index contributed by atoms with van der Waals surface area (Å²) in [6.45, 7) is 9.02. The number of amides is 3. The van der Waals surface area contributed by atoms with Crippen LogP contribution in [0.15, 0.2) is 53.7 Å². The van der Waals surface area contributed by atoms with Crippen LogP contribution in [0.1, 0.15) is 44.9 Å². The van der Waals surface area contributed by atoms with Gasteiger partial charge in [-0.2, -0.15) is 0 Å². The number of ether oxygens (including phenoxy) is 2. The summed E-state index contributed by atoms with van der Waals surface area (Å²) >= 11 is 0. The van der Waals surface area contributed by atoms with Crippen molar-refractivity contribution in [2.24, 2.45) is 17.3 Å². The number of aliphatic hydroxyl groups is 1. The number of urea groups is 1. The number of nitrogens with zero attached hydrogens (tertiary/aromatic N) is 1. The molecule has 1 aliphatic heterocycles. The summed E-state index contributed by atoms with van der Waals surface area (Å²) < 4.78 is 10.7. The fourth-order valence-corrected chi connectivity index (χ4v) is 5.39. The van der Waals surface area contributed by atoms with Gasteiger partial charge < -0.3 is 30.5 Å². The molecular formula is C29H39N5O5. The van der Waals surface area contributed by atoms with Gasteiger partial charge in [-0.05, 0) is 54.5 Å². The molecule has 39 heavy (non-hydrogen) atoms. The first kappa shape index (κ1) is 28.2. The standard InChI is InChI=1S/C29H39N5O5/c1-17-23(19-6-7-30-26(12-19)34-28(37)38-5)10-20(11-25(17)39-9-8-35)24-13-21(16-31-18(24)2)32-27(36)33-22-14-29(3,4)15-22/h6,10-13,16-17,22-23,30,35H,7-9,14-15H2,1-5H3,(H,34,37)(H2,32,33,36). The van der Waals surface area contributed by atoms with E-state index >= 15 is 0 Å². The minimum absolute atomic E-state index is 0.0210. The van der Waals surface area contributed by atoms with Crippen LogP contribution < -0.4 is 21.3 Å². The highest BCUT2D eigenvalue weighted by Crippen LogP contribution is 2.40. The van der Waals surface area contributed by atoms with Gasteiger partial charge in [0.25, 0.3) is 0 Å². The molecule has 3 aliphatic rings. The van der Waals surface area contributed by atoms with Crippen LogP contribution in [-0.4, -0.2) is 55.1 Å². The van der Waals surface area contributed by atoms with Gasteiger partial charge in [-0.3, -0.25) is 10.3 Å². The number of pyridine rings is 1. The lowest BCUT2D eigenvalue weighted by Gasteiger charge is -2.42. The molecule has 2 unspecified atom stereocenters. The van der Waals surface area contributed by atoms with Crippen molar-refractivity contribution in [1.82, 2.24) is 20.9 Å². The molecule has 2 aliphatic carbocycles. The molecule has 1 saturated carbocycles. The highest BCUT2D eigenvalue weighted by atomic mass is 16.5. The van der Waals surface area contributed by atoms with Gasteiger partial charge in [0.1, 0.15) is 18.2 Å². The second-order valence-corrected chi connectivity index (χ2v) is 11.0. The van der Waals surface area contributed by atoms with Gasteiger partial charge in [-0.15, -0.1) is 0 Å². The molecule has 10 heteroatoms. The van der Waals surface area contributed by atoms with Gasteiger partial charge >= 0.3 is 12.1 Å². The number of dihydropyridines is 1. The predicted molar refractivity (Wildman–Crippen MR) is 149 cm³/mol. The Morgan fingerprint density at radius 1 is 1.23 bits per heavy atom. The Morgan fingerprint density at radius 3 is 2.69 bits per heavy atom. The fourth-order valence-electron chi connectivity index (χ4n) is 5.39. The van der Waals surface area contributed by atoms with Crippen molar-refractivity contribution in [3.63, 3.8) is 0 Å². The molecule has 4 rings (SSSR count). The Kier molecular flexibility index (Phi) is 8.64. The maximum atomic E-state index is 12.6. The molecule has 0 radical (unpaired) electrons. The number of methoxy groups -OCH3 is 1. The third-order valence-electron chi connectivity index (χ3n) is 7.34. The number of hydrogen-bond acceptors (Lipinski definition) is 7. The van der Waals surface area contributed by atoms with E-state index in [1.807, 2.05) is 25.1 Å². The largest absolute Gasteiger partial charge is 0.495 e. The highest BCUT2D eigenvalue weighted by Gasteiger charge is 2.36. The Bertz CT molecular complexity index is 1220. The Hall–Kier alpha value is -3.79. The van der Waals surface area contributed by atoms with E-state index in [1.54, 1.807) is 6.20 Å². The minimum Gasteiger partial charge on any atom is -0.495 e. The van der Waals surface area contributed by atoms with Crippen molar-refractivity contribution in [2.45, 2.75) is 46.6 Å². The molecule has 0 spiro atoms. The van der Waals surface area contributed by atoms with Crippen LogP contribution in [0.5, 0.6) is 0 Å². The lowest BCUT2D eigenvalue weighted by molar-refractivity contribution is 0.122. The molecule has 1 aromatic heterocycles. The molecule has 2 heterocycles. The van der Waals surface area contributed by atoms with Gasteiger partial charge in [-0.25, -0.2) is 9.59 Å². The van der Waals surface area contributed by atoms with Crippen LogP contribution >= 0.6 is 0 Å². The van der Waals surface area contributed by atoms with Crippen molar-refractivity contribution in [1.29, 1.82) is 0 Å². The number of nitrogens with one attached hydrogen (secondary N) is 4. The van der Waals surface area contributed by atoms with E-state index < -0.39 is 6.09 Å². The zero-order chi connectivity index (χ0) is 28.2. The number of carbonyl (C=O) groups excluding carboxylic acids is 2. The molecule has 210 valence electrons. The number of hydrogen-bond donors (Lipinski definition) is 5. The summed E-state index contributed by atoms with van der Waals surface area (Å²) in [5, 5.41) is 21.2. The molecule has 1 aromatic rings. The van der Waals surface area contributed by atoms with Crippen molar-refractivity contribution >= 4 is 23.4 Å². The first-order chi connectivity index (χ1) is 18.6. The Balaban J connectivity index is 1.60. The third kappa shape index (κ3) is 7.00. The smallest absolute Gasteiger partial charge is 0.412 e. The second-order valence-electron chi connectivity index (χ2n) is 11.0. The fraction of sp³-hybridized carbons (Fsp3) is 0.483. The SMILES string of the molecule is COC(=O)NC1=CC(C2C=C(c3cc(NC(=O)NC4CC(C)(C)C4)cnc3C)C=C(OCCO)C2C)=CCN1. The maximum absolute atomic E-state index is 12.6. The molecule has 0 bridgehead atoms. The first-order valence-electron chi connectivity index (χ1n) is 13.3. The average molecular weight is 538 g/mol. The lowest BCUT2D eigenvalue weighted by atomic mass is 9.68. The molecule has 10 nitrogen and oxygen atoms in total. The van der Waals surface area contributed by atoms with Crippen molar-refractivity contribution < 1.29 is 24.2 Å². The van der Waals surface area contributed by atoms with E-state index in [9.17, 15) is 14.7 Å². The number of aliphatic hydroxyl groups excluding tert-OH is 1. The Morgan fingerprint density at radius 2 is 2.00 bits per heavy atom. The van der Waals surface area contributed by atoms with Crippen LogP contribution in [0.4, 0.5) is 15.3 Å². The first-order valence-corrected chi connectivity index (χ1v) is 13.3. The van der Waals surface area contributed by atoms with Gasteiger partial charge in [0.05, 0.1) is 25.6 Å². The predicted octanol–water partition coefficient (Wildman–Crippen LogP) is 3.97. The molecule has 2 atom stereocenters. The normalized spacial score (nSPS) is 22.1. The average Bonchev–Trinajstić information content (AvgIpc) is 2.88. The Labute approximate surface area is 229 Å². The summed E-state index contributed by atoms with van der Waals surface area (Å²) in [5.41, 5.74) is 4.45. The van der Waals surface area contributed by atoms with Crippen LogP contribution in [0, 0.1) is 24.2 Å². The molecule has 3 amide bonds. The minimum atomic E-state index is -0.550. The summed E-state index contributed by atoms with van der Waals surface area (Å²) in [5.74, 6) is 1.20.